The highest BCUT2D eigenvalue weighted by Crippen LogP contribution is 2.28. The zero-order valence-electron chi connectivity index (χ0n) is 14.0. The Bertz CT molecular complexity index is 750. The van der Waals surface area contributed by atoms with Crippen LogP contribution in [0.1, 0.15) is 18.9 Å². The number of carbonyl (C=O) groups excluding carboxylic acids is 1. The van der Waals surface area contributed by atoms with Crippen LogP contribution in [0.5, 0.6) is 0 Å². The third-order valence-electron chi connectivity index (χ3n) is 4.56. The van der Waals surface area contributed by atoms with Gasteiger partial charge in [0.05, 0.1) is 17.9 Å². The Morgan fingerprint density at radius 1 is 1.29 bits per heavy atom. The van der Waals surface area contributed by atoms with E-state index in [9.17, 15) is 4.79 Å². The zero-order valence-corrected chi connectivity index (χ0v) is 14.0. The lowest BCUT2D eigenvalue weighted by Gasteiger charge is -2.40. The van der Waals surface area contributed by atoms with E-state index in [0.717, 1.165) is 37.6 Å². The van der Waals surface area contributed by atoms with Gasteiger partial charge in [-0.1, -0.05) is 0 Å². The van der Waals surface area contributed by atoms with Crippen LogP contribution in [0.2, 0.25) is 0 Å². The van der Waals surface area contributed by atoms with E-state index in [2.05, 4.69) is 20.0 Å². The van der Waals surface area contributed by atoms with Gasteiger partial charge < -0.3 is 14.7 Å². The molecule has 2 aliphatic heterocycles. The molecule has 24 heavy (non-hydrogen) atoms. The third-order valence-corrected chi connectivity index (χ3v) is 4.56. The average Bonchev–Trinajstić information content (AvgIpc) is 3.15. The standard InChI is InChI=1S/C16H21N7O/c1-20(2)16-17-6-5-14(19-16)21-9-13(10-21)23-11-12(8-18-23)22-7-3-4-15(22)24/h5-6,8,11,13H,3-4,7,9-10H2,1-2H3. The first kappa shape index (κ1) is 14.9. The van der Waals surface area contributed by atoms with Crippen LogP contribution in [0.15, 0.2) is 24.7 Å². The van der Waals surface area contributed by atoms with Gasteiger partial charge in [0.1, 0.15) is 5.82 Å². The molecule has 0 N–H and O–H groups in total. The van der Waals surface area contributed by atoms with Gasteiger partial charge >= 0.3 is 0 Å². The molecule has 0 bridgehead atoms. The second kappa shape index (κ2) is 5.77. The van der Waals surface area contributed by atoms with E-state index < -0.39 is 0 Å². The van der Waals surface area contributed by atoms with Gasteiger partial charge in [0.2, 0.25) is 11.9 Å². The van der Waals surface area contributed by atoms with Gasteiger partial charge in [0.25, 0.3) is 0 Å². The first-order valence-corrected chi connectivity index (χ1v) is 8.21. The molecular weight excluding hydrogens is 306 g/mol. The molecule has 126 valence electrons. The Kier molecular flexibility index (Phi) is 3.59. The molecule has 4 heterocycles. The SMILES string of the molecule is CN(C)c1nccc(N2CC(n3cc(N4CCCC4=O)cn3)C2)n1. The molecule has 2 aliphatic rings. The number of aromatic nitrogens is 4. The number of hydrogen-bond acceptors (Lipinski definition) is 6. The molecule has 0 spiro atoms. The number of nitrogens with zero attached hydrogens (tertiary/aromatic N) is 7. The third kappa shape index (κ3) is 2.57. The van der Waals surface area contributed by atoms with Crippen LogP contribution in [0.3, 0.4) is 0 Å². The summed E-state index contributed by atoms with van der Waals surface area (Å²) in [6.07, 6.45) is 7.14. The zero-order chi connectivity index (χ0) is 16.7. The molecule has 0 aliphatic carbocycles. The highest BCUT2D eigenvalue weighted by molar-refractivity contribution is 5.95. The molecule has 1 amide bonds. The Balaban J connectivity index is 1.42. The molecule has 8 heteroatoms. The molecule has 0 atom stereocenters. The average molecular weight is 327 g/mol. The molecule has 0 radical (unpaired) electrons. The normalized spacial score (nSPS) is 18.2. The van der Waals surface area contributed by atoms with Crippen molar-refractivity contribution in [3.8, 4) is 0 Å². The maximum Gasteiger partial charge on any atom is 0.227 e. The Morgan fingerprint density at radius 3 is 2.83 bits per heavy atom. The summed E-state index contributed by atoms with van der Waals surface area (Å²) in [6, 6.07) is 2.25. The van der Waals surface area contributed by atoms with Crippen molar-refractivity contribution in [2.24, 2.45) is 0 Å². The smallest absolute Gasteiger partial charge is 0.227 e. The van der Waals surface area contributed by atoms with Crippen molar-refractivity contribution in [1.82, 2.24) is 19.7 Å². The number of carbonyl (C=O) groups is 1. The lowest BCUT2D eigenvalue weighted by atomic mass is 10.1. The minimum Gasteiger partial charge on any atom is -0.352 e. The number of amides is 1. The lowest BCUT2D eigenvalue weighted by molar-refractivity contribution is -0.117. The predicted molar refractivity (Wildman–Crippen MR) is 91.4 cm³/mol. The van der Waals surface area contributed by atoms with Crippen molar-refractivity contribution in [3.05, 3.63) is 24.7 Å². The highest BCUT2D eigenvalue weighted by atomic mass is 16.2. The molecule has 4 rings (SSSR count). The Morgan fingerprint density at radius 2 is 2.12 bits per heavy atom. The summed E-state index contributed by atoms with van der Waals surface area (Å²) in [7, 11) is 3.87. The summed E-state index contributed by atoms with van der Waals surface area (Å²) in [6.45, 7) is 2.52. The Hall–Kier alpha value is -2.64. The van der Waals surface area contributed by atoms with Crippen LogP contribution >= 0.6 is 0 Å². The molecule has 0 unspecified atom stereocenters. The van der Waals surface area contributed by atoms with E-state index in [4.69, 9.17) is 0 Å². The number of rotatable bonds is 4. The summed E-state index contributed by atoms with van der Waals surface area (Å²) >= 11 is 0. The summed E-state index contributed by atoms with van der Waals surface area (Å²) in [4.78, 5) is 26.6. The van der Waals surface area contributed by atoms with Gasteiger partial charge in [-0.15, -0.1) is 0 Å². The van der Waals surface area contributed by atoms with Gasteiger partial charge in [-0.05, 0) is 12.5 Å². The molecule has 0 aromatic carbocycles. The van der Waals surface area contributed by atoms with Crippen molar-refractivity contribution in [2.45, 2.75) is 18.9 Å². The van der Waals surface area contributed by atoms with Crippen molar-refractivity contribution in [2.75, 3.05) is 48.4 Å². The second-order valence-corrected chi connectivity index (χ2v) is 6.50. The van der Waals surface area contributed by atoms with E-state index >= 15 is 0 Å². The summed E-state index contributed by atoms with van der Waals surface area (Å²) in [5, 5.41) is 4.45. The molecular formula is C16H21N7O. The fourth-order valence-electron chi connectivity index (χ4n) is 3.13. The number of anilines is 3. The summed E-state index contributed by atoms with van der Waals surface area (Å²) in [5.41, 5.74) is 0.910. The second-order valence-electron chi connectivity index (χ2n) is 6.50. The minimum absolute atomic E-state index is 0.196. The van der Waals surface area contributed by atoms with Crippen LogP contribution in [0.25, 0.3) is 0 Å². The number of hydrogen-bond donors (Lipinski definition) is 0. The highest BCUT2D eigenvalue weighted by Gasteiger charge is 2.31. The molecule has 8 nitrogen and oxygen atoms in total. The maximum atomic E-state index is 11.8. The van der Waals surface area contributed by atoms with Crippen molar-refractivity contribution < 1.29 is 4.79 Å². The van der Waals surface area contributed by atoms with Gasteiger partial charge in [0.15, 0.2) is 0 Å². The largest absolute Gasteiger partial charge is 0.352 e. The first-order chi connectivity index (χ1) is 11.6. The van der Waals surface area contributed by atoms with E-state index in [1.165, 1.54) is 0 Å². The fourth-order valence-corrected chi connectivity index (χ4v) is 3.13. The van der Waals surface area contributed by atoms with Crippen molar-refractivity contribution in [3.63, 3.8) is 0 Å². The summed E-state index contributed by atoms with van der Waals surface area (Å²) in [5.74, 6) is 1.85. The van der Waals surface area contributed by atoms with Gasteiger partial charge in [-0.2, -0.15) is 10.1 Å². The van der Waals surface area contributed by atoms with Crippen LogP contribution in [0, 0.1) is 0 Å². The molecule has 0 saturated carbocycles. The fraction of sp³-hybridized carbons (Fsp3) is 0.500. The van der Waals surface area contributed by atoms with Crippen molar-refractivity contribution in [1.29, 1.82) is 0 Å². The molecule has 2 aromatic rings. The monoisotopic (exact) mass is 327 g/mol. The van der Waals surface area contributed by atoms with Crippen LogP contribution < -0.4 is 14.7 Å². The minimum atomic E-state index is 0.196. The topological polar surface area (TPSA) is 70.4 Å². The van der Waals surface area contributed by atoms with Gasteiger partial charge in [-0.25, -0.2) is 4.98 Å². The molecule has 2 saturated heterocycles. The van der Waals surface area contributed by atoms with Crippen LogP contribution in [0.4, 0.5) is 17.5 Å². The van der Waals surface area contributed by atoms with Gasteiger partial charge in [0, 0.05) is 52.5 Å². The molecule has 2 aromatic heterocycles. The first-order valence-electron chi connectivity index (χ1n) is 8.21. The maximum absolute atomic E-state index is 11.8. The van der Waals surface area contributed by atoms with Crippen LogP contribution in [-0.4, -0.2) is 59.4 Å². The molecule has 2 fully saturated rings. The van der Waals surface area contributed by atoms with E-state index in [1.54, 1.807) is 12.4 Å². The Labute approximate surface area is 140 Å². The van der Waals surface area contributed by atoms with Gasteiger partial charge in [-0.3, -0.25) is 9.48 Å². The van der Waals surface area contributed by atoms with Crippen molar-refractivity contribution >= 4 is 23.4 Å². The lowest BCUT2D eigenvalue weighted by Crippen LogP contribution is -2.48. The van der Waals surface area contributed by atoms with E-state index in [-0.39, 0.29) is 5.91 Å². The predicted octanol–water partition coefficient (Wildman–Crippen LogP) is 0.927. The van der Waals surface area contributed by atoms with E-state index in [0.29, 0.717) is 18.4 Å². The summed E-state index contributed by atoms with van der Waals surface area (Å²) < 4.78 is 1.96. The van der Waals surface area contributed by atoms with Crippen LogP contribution in [-0.2, 0) is 4.79 Å². The van der Waals surface area contributed by atoms with E-state index in [1.807, 2.05) is 40.8 Å². The quantitative estimate of drug-likeness (QED) is 0.832.